The van der Waals surface area contributed by atoms with Gasteiger partial charge in [0, 0.05) is 6.42 Å². The molecular weight excluding hydrogens is 980 g/mol. The fourth-order valence-corrected chi connectivity index (χ4v) is 10.4. The average molecular weight is 1080 g/mol. The van der Waals surface area contributed by atoms with Crippen LogP contribution in [0.5, 0.6) is 0 Å². The number of aliphatic hydroxyl groups excluding tert-OH is 6. The molecule has 10 N–H and O–H groups in total. The van der Waals surface area contributed by atoms with Crippen LogP contribution in [-0.2, 0) is 42.4 Å². The number of hydrogen-bond donors (Lipinski definition) is 10. The summed E-state index contributed by atoms with van der Waals surface area (Å²) in [6, 6.07) is -3.12. The number of carbonyl (C=O) groups excluding carboxylic acids is 3. The number of phosphoric ester groups is 1. The van der Waals surface area contributed by atoms with E-state index in [9.17, 15) is 59.4 Å². The smallest absolute Gasteiger partial charge is 0.462 e. The molecule has 0 aromatic rings. The molecule has 0 aromatic heterocycles. The van der Waals surface area contributed by atoms with Gasteiger partial charge in [-0.15, -0.1) is 0 Å². The molecule has 74 heavy (non-hydrogen) atoms. The van der Waals surface area contributed by atoms with Gasteiger partial charge in [0.15, 0.2) is 12.6 Å². The molecule has 2 aliphatic heterocycles. The summed E-state index contributed by atoms with van der Waals surface area (Å²) in [5.74, 6) is -1.84. The molecule has 0 aromatic carbocycles. The van der Waals surface area contributed by atoms with Gasteiger partial charge in [0.25, 0.3) is 0 Å². The van der Waals surface area contributed by atoms with Crippen molar-refractivity contribution in [3.05, 3.63) is 0 Å². The van der Waals surface area contributed by atoms with Gasteiger partial charge >= 0.3 is 13.8 Å². The van der Waals surface area contributed by atoms with Crippen LogP contribution in [0.4, 0.5) is 0 Å². The maximum Gasteiger partial charge on any atom is 0.470 e. The van der Waals surface area contributed by atoms with Crippen LogP contribution >= 0.6 is 7.82 Å². The van der Waals surface area contributed by atoms with Gasteiger partial charge in [0.05, 0.1) is 32.2 Å². The average Bonchev–Trinajstić information content (AvgIpc) is 3.35. The highest BCUT2D eigenvalue weighted by atomic mass is 31.2. The molecular formula is C54H103N2O17P. The second kappa shape index (κ2) is 41.2. The normalized spacial score (nSPS) is 25.1. The molecule has 0 saturated carbocycles. The van der Waals surface area contributed by atoms with Crippen LogP contribution in [0.1, 0.15) is 239 Å². The molecule has 20 heteroatoms. The Morgan fingerprint density at radius 1 is 0.554 bits per heavy atom. The zero-order chi connectivity index (χ0) is 54.6. The molecule has 2 rings (SSSR count). The number of hydrogen-bond acceptors (Lipinski definition) is 15. The van der Waals surface area contributed by atoms with Crippen molar-refractivity contribution in [3.8, 4) is 0 Å². The monoisotopic (exact) mass is 1080 g/mol. The van der Waals surface area contributed by atoms with Crippen molar-refractivity contribution in [3.63, 3.8) is 0 Å². The Kier molecular flexibility index (Phi) is 38.0. The van der Waals surface area contributed by atoms with Crippen LogP contribution in [0.2, 0.25) is 0 Å². The molecule has 12 atom stereocenters. The van der Waals surface area contributed by atoms with Crippen molar-refractivity contribution in [2.45, 2.75) is 313 Å². The third kappa shape index (κ3) is 30.3. The molecule has 2 aliphatic rings. The van der Waals surface area contributed by atoms with E-state index in [1.165, 1.54) is 103 Å². The molecule has 0 spiro atoms. The summed E-state index contributed by atoms with van der Waals surface area (Å²) >= 11 is 0. The predicted octanol–water partition coefficient (Wildman–Crippen LogP) is 7.56. The van der Waals surface area contributed by atoms with E-state index in [2.05, 4.69) is 31.4 Å². The Morgan fingerprint density at radius 2 is 1.00 bits per heavy atom. The maximum atomic E-state index is 13.9. The maximum absolute atomic E-state index is 13.9. The number of carbonyl (C=O) groups is 3. The summed E-state index contributed by atoms with van der Waals surface area (Å²) in [5.41, 5.74) is 0. The lowest BCUT2D eigenvalue weighted by Crippen LogP contribution is -2.67. The van der Waals surface area contributed by atoms with Gasteiger partial charge < -0.3 is 70.0 Å². The van der Waals surface area contributed by atoms with Crippen molar-refractivity contribution >= 4 is 25.6 Å². The lowest BCUT2D eigenvalue weighted by molar-refractivity contribution is -0.296. The second-order valence-corrected chi connectivity index (χ2v) is 22.2. The summed E-state index contributed by atoms with van der Waals surface area (Å²) in [6.07, 6.45) is 16.2. The van der Waals surface area contributed by atoms with E-state index >= 15 is 0 Å². The van der Waals surface area contributed by atoms with E-state index in [0.29, 0.717) is 25.7 Å². The molecule has 19 nitrogen and oxygen atoms in total. The highest BCUT2D eigenvalue weighted by Crippen LogP contribution is 2.41. The van der Waals surface area contributed by atoms with Gasteiger partial charge in [0.2, 0.25) is 11.8 Å². The molecule has 2 saturated heterocycles. The van der Waals surface area contributed by atoms with Crippen LogP contribution in [0, 0.1) is 0 Å². The molecule has 0 aliphatic carbocycles. The van der Waals surface area contributed by atoms with Gasteiger partial charge in [-0.05, 0) is 25.7 Å². The highest BCUT2D eigenvalue weighted by molar-refractivity contribution is 7.46. The van der Waals surface area contributed by atoms with Gasteiger partial charge in [-0.25, -0.2) is 4.57 Å². The van der Waals surface area contributed by atoms with E-state index in [1.807, 2.05) is 0 Å². The summed E-state index contributed by atoms with van der Waals surface area (Å²) in [7, 11) is -5.31. The molecule has 2 amide bonds. The number of rotatable bonds is 45. The van der Waals surface area contributed by atoms with E-state index < -0.39 is 112 Å². The molecule has 2 fully saturated rings. The number of amides is 2. The Morgan fingerprint density at radius 3 is 1.49 bits per heavy atom. The largest absolute Gasteiger partial charge is 0.470 e. The number of aliphatic hydroxyl groups is 6. The molecule has 436 valence electrons. The van der Waals surface area contributed by atoms with E-state index in [0.717, 1.165) is 70.6 Å². The molecule has 2 heterocycles. The molecule has 0 radical (unpaired) electrons. The zero-order valence-corrected chi connectivity index (χ0v) is 46.5. The van der Waals surface area contributed by atoms with Crippen LogP contribution in [-0.4, -0.2) is 145 Å². The Labute approximate surface area is 443 Å². The fraction of sp³-hybridized carbons (Fsp3) is 0.944. The second-order valence-electron chi connectivity index (χ2n) is 21.0. The van der Waals surface area contributed by atoms with Gasteiger partial charge in [-0.3, -0.25) is 18.9 Å². The Bertz CT molecular complexity index is 1500. The van der Waals surface area contributed by atoms with Gasteiger partial charge in [-0.1, -0.05) is 194 Å². The van der Waals surface area contributed by atoms with Crippen molar-refractivity contribution < 1.29 is 82.8 Å². The quantitative estimate of drug-likeness (QED) is 0.0160. The Balaban J connectivity index is 2.07. The van der Waals surface area contributed by atoms with Gasteiger partial charge in [0.1, 0.15) is 54.8 Å². The van der Waals surface area contributed by atoms with Crippen LogP contribution < -0.4 is 10.6 Å². The van der Waals surface area contributed by atoms with Crippen molar-refractivity contribution in [1.29, 1.82) is 0 Å². The minimum atomic E-state index is -5.31. The van der Waals surface area contributed by atoms with Crippen molar-refractivity contribution in [2.75, 3.05) is 13.2 Å². The van der Waals surface area contributed by atoms with Gasteiger partial charge in [-0.2, -0.15) is 0 Å². The fourth-order valence-electron chi connectivity index (χ4n) is 9.85. The highest BCUT2D eigenvalue weighted by Gasteiger charge is 2.51. The number of phosphoric acid groups is 1. The molecule has 0 bridgehead atoms. The summed E-state index contributed by atoms with van der Waals surface area (Å²) in [6.45, 7) is 4.97. The minimum Gasteiger partial charge on any atom is -0.462 e. The number of ether oxygens (including phenoxy) is 4. The van der Waals surface area contributed by atoms with E-state index in [1.54, 1.807) is 0 Å². The van der Waals surface area contributed by atoms with Crippen molar-refractivity contribution in [2.24, 2.45) is 0 Å². The van der Waals surface area contributed by atoms with Crippen molar-refractivity contribution in [1.82, 2.24) is 10.6 Å². The van der Waals surface area contributed by atoms with E-state index in [4.69, 9.17) is 23.5 Å². The summed E-state index contributed by atoms with van der Waals surface area (Å²) < 4.78 is 39.9. The number of nitrogens with one attached hydrogen (secondary N) is 2. The topological polar surface area (TPSA) is 300 Å². The lowest BCUT2D eigenvalue weighted by atomic mass is 9.95. The number of unbranched alkanes of at least 4 members (excludes halogenated alkanes) is 26. The first-order chi connectivity index (χ1) is 35.5. The van der Waals surface area contributed by atoms with Crippen LogP contribution in [0.3, 0.4) is 0 Å². The first-order valence-corrected chi connectivity index (χ1v) is 30.5. The first kappa shape index (κ1) is 68.3. The first-order valence-electron chi connectivity index (χ1n) is 29.0. The SMILES string of the molecule is CCCCCCCCCCCCCC(=O)O[C@H](CCCCCCCCCCC)CC(=O)NC1[C@H](OCC2O[C@H](O)C(NC(=O)C[C@H](O)CCCCCCCCCCC)[C@@H](O)[C@@H]2O)OC(CO)[C@@H](OP(=O)(O)O)[C@@H]1O. The van der Waals surface area contributed by atoms with Crippen LogP contribution in [0.15, 0.2) is 0 Å². The predicted molar refractivity (Wildman–Crippen MR) is 281 cm³/mol. The lowest BCUT2D eigenvalue weighted by Gasteiger charge is -2.45. The Hall–Kier alpha value is -1.84. The number of esters is 1. The standard InChI is InChI=1S/C54H103N2O17P/c1-4-7-10-13-16-19-20-23-26-29-32-35-46(61)70-41(34-31-28-25-22-18-15-12-9-6-3)37-45(60)56-48-51(64)52(73-74(66,67)68)42(38-57)72-54(48)69-39-43-49(62)50(63)47(53(65)71-43)55-44(59)36-40(58)33-30-27-24-21-17-14-11-8-5-2/h40-43,47-54,57-58,62-65H,4-39H2,1-3H3,(H,55,59)(H,56,60)(H2,66,67,68)/t40-,41-,42?,43?,47?,48?,49-,50-,51-,52-,53+,54-/m1/s1. The van der Waals surface area contributed by atoms with Crippen LogP contribution in [0.25, 0.3) is 0 Å². The molecule has 4 unspecified atom stereocenters. The zero-order valence-electron chi connectivity index (χ0n) is 45.6. The van der Waals surface area contributed by atoms with E-state index in [-0.39, 0.29) is 19.3 Å². The summed E-state index contributed by atoms with van der Waals surface area (Å²) in [5, 5.41) is 70.2. The summed E-state index contributed by atoms with van der Waals surface area (Å²) in [4.78, 5) is 59.2. The third-order valence-corrected chi connectivity index (χ3v) is 14.8. The minimum absolute atomic E-state index is 0.191. The third-order valence-electron chi connectivity index (χ3n) is 14.3.